The number of pyridine rings is 1. The third-order valence-corrected chi connectivity index (χ3v) is 6.23. The van der Waals surface area contributed by atoms with Crippen LogP contribution in [-0.4, -0.2) is 66.5 Å². The number of hydrogen-bond donors (Lipinski definition) is 3. The molecular formula is C23H25Cl2N7O2S. The third-order valence-electron chi connectivity index (χ3n) is 5.18. The summed E-state index contributed by atoms with van der Waals surface area (Å²) >= 11 is 13.2. The number of carbonyl (C=O) groups excluding carboxylic acids is 1. The molecule has 0 unspecified atom stereocenters. The highest BCUT2D eigenvalue weighted by molar-refractivity contribution is 7.98. The molecule has 0 bridgehead atoms. The van der Waals surface area contributed by atoms with Crippen LogP contribution in [0.5, 0.6) is 0 Å². The van der Waals surface area contributed by atoms with Crippen LogP contribution in [0.3, 0.4) is 0 Å². The van der Waals surface area contributed by atoms with Crippen molar-refractivity contribution in [3.05, 3.63) is 58.3 Å². The van der Waals surface area contributed by atoms with Crippen molar-refractivity contribution in [3.63, 3.8) is 0 Å². The first-order valence-electron chi connectivity index (χ1n) is 11.0. The fraction of sp³-hybridized carbons (Fsp3) is 0.304. The van der Waals surface area contributed by atoms with E-state index in [0.29, 0.717) is 29.9 Å². The average Bonchev–Trinajstić information content (AvgIpc) is 2.87. The number of nitrogens with one attached hydrogen (secondary N) is 3. The molecule has 0 aliphatic carbocycles. The van der Waals surface area contributed by atoms with Gasteiger partial charge in [-0.3, -0.25) is 4.79 Å². The van der Waals surface area contributed by atoms with Crippen LogP contribution in [-0.2, 0) is 4.74 Å². The lowest BCUT2D eigenvalue weighted by Gasteiger charge is -2.28. The van der Waals surface area contributed by atoms with Gasteiger partial charge >= 0.3 is 0 Å². The zero-order valence-corrected chi connectivity index (χ0v) is 21.4. The highest BCUT2D eigenvalue weighted by atomic mass is 35.5. The van der Waals surface area contributed by atoms with Crippen molar-refractivity contribution < 1.29 is 9.53 Å². The molecule has 1 aliphatic heterocycles. The number of thioether (sulfide) groups is 1. The molecule has 2 aromatic heterocycles. The van der Waals surface area contributed by atoms with Gasteiger partial charge in [-0.25, -0.2) is 15.0 Å². The summed E-state index contributed by atoms with van der Waals surface area (Å²) in [6.45, 7) is 4.13. The van der Waals surface area contributed by atoms with E-state index in [-0.39, 0.29) is 21.8 Å². The topological polar surface area (TPSA) is 104 Å². The minimum absolute atomic E-state index is 0.0667. The van der Waals surface area contributed by atoms with Crippen LogP contribution in [0.2, 0.25) is 10.3 Å². The number of anilines is 4. The van der Waals surface area contributed by atoms with Crippen LogP contribution in [0, 0.1) is 0 Å². The molecule has 1 saturated heterocycles. The summed E-state index contributed by atoms with van der Waals surface area (Å²) in [4.78, 5) is 27.5. The van der Waals surface area contributed by atoms with Gasteiger partial charge in [-0.2, -0.15) is 0 Å². The van der Waals surface area contributed by atoms with Gasteiger partial charge in [0.25, 0.3) is 5.91 Å². The Morgan fingerprint density at radius 1 is 1.03 bits per heavy atom. The minimum Gasteiger partial charge on any atom is -0.378 e. The number of rotatable bonds is 9. The van der Waals surface area contributed by atoms with Gasteiger partial charge in [0.15, 0.2) is 5.16 Å². The van der Waals surface area contributed by atoms with E-state index < -0.39 is 0 Å². The molecule has 1 aliphatic rings. The van der Waals surface area contributed by atoms with Gasteiger partial charge in [0.2, 0.25) is 0 Å². The van der Waals surface area contributed by atoms with E-state index in [2.05, 4.69) is 47.9 Å². The predicted octanol–water partition coefficient (Wildman–Crippen LogP) is 4.32. The van der Waals surface area contributed by atoms with Gasteiger partial charge in [-0.05, 0) is 42.7 Å². The second-order valence-electron chi connectivity index (χ2n) is 7.55. The van der Waals surface area contributed by atoms with Gasteiger partial charge in [0, 0.05) is 43.6 Å². The Balaban J connectivity index is 1.33. The Morgan fingerprint density at radius 2 is 1.77 bits per heavy atom. The summed E-state index contributed by atoms with van der Waals surface area (Å²) in [6.07, 6.45) is 1.92. The Bertz CT molecular complexity index is 1160. The van der Waals surface area contributed by atoms with Gasteiger partial charge < -0.3 is 25.6 Å². The Kier molecular flexibility index (Phi) is 8.86. The molecule has 1 fully saturated rings. The maximum absolute atomic E-state index is 12.3. The van der Waals surface area contributed by atoms with Gasteiger partial charge in [0.1, 0.15) is 21.9 Å². The molecule has 35 heavy (non-hydrogen) atoms. The van der Waals surface area contributed by atoms with Crippen LogP contribution < -0.4 is 20.9 Å². The summed E-state index contributed by atoms with van der Waals surface area (Å²) in [5.41, 5.74) is 2.37. The molecule has 4 rings (SSSR count). The van der Waals surface area contributed by atoms with Crippen molar-refractivity contribution in [3.8, 4) is 0 Å². The zero-order chi connectivity index (χ0) is 24.6. The number of ether oxygens (including phenoxy) is 1. The van der Waals surface area contributed by atoms with Gasteiger partial charge in [-0.1, -0.05) is 35.0 Å². The average molecular weight is 534 g/mol. The van der Waals surface area contributed by atoms with Crippen LogP contribution in [0.1, 0.15) is 10.4 Å². The summed E-state index contributed by atoms with van der Waals surface area (Å²) < 4.78 is 5.42. The second-order valence-corrected chi connectivity index (χ2v) is 9.07. The van der Waals surface area contributed by atoms with Crippen molar-refractivity contribution >= 4 is 63.9 Å². The monoisotopic (exact) mass is 533 g/mol. The molecule has 9 nitrogen and oxygen atoms in total. The molecule has 12 heteroatoms. The van der Waals surface area contributed by atoms with E-state index >= 15 is 0 Å². The number of halogens is 2. The highest BCUT2D eigenvalue weighted by Crippen LogP contribution is 2.24. The summed E-state index contributed by atoms with van der Waals surface area (Å²) in [7, 11) is 0. The second kappa shape index (κ2) is 12.3. The maximum atomic E-state index is 12.3. The number of carbonyl (C=O) groups is 1. The quantitative estimate of drug-likeness (QED) is 0.160. The Labute approximate surface area is 218 Å². The molecule has 0 atom stereocenters. The largest absolute Gasteiger partial charge is 0.378 e. The number of morpholine rings is 1. The molecule has 3 N–H and O–H groups in total. The first-order chi connectivity index (χ1) is 17.0. The normalized spacial score (nSPS) is 13.4. The van der Waals surface area contributed by atoms with Gasteiger partial charge in [-0.15, -0.1) is 0 Å². The zero-order valence-electron chi connectivity index (χ0n) is 19.1. The molecule has 1 amide bonds. The highest BCUT2D eigenvalue weighted by Gasteiger charge is 2.13. The van der Waals surface area contributed by atoms with Crippen LogP contribution >= 0.6 is 35.0 Å². The number of aromatic nitrogens is 3. The van der Waals surface area contributed by atoms with E-state index in [9.17, 15) is 4.79 Å². The van der Waals surface area contributed by atoms with Crippen molar-refractivity contribution in [1.29, 1.82) is 0 Å². The number of hydrogen-bond acceptors (Lipinski definition) is 9. The number of amides is 1. The Morgan fingerprint density at radius 3 is 2.49 bits per heavy atom. The standard InChI is InChI=1S/C23H25Cl2N7O2S/c1-35-23-30-19(26-8-9-27-22(33)17-6-7-18(24)29-21(17)25)14-20(31-23)28-15-2-4-16(5-3-15)32-10-12-34-13-11-32/h2-7,14H,8-13H2,1H3,(H,27,33)(H2,26,28,30,31). The number of benzene rings is 1. The molecule has 184 valence electrons. The fourth-order valence-electron chi connectivity index (χ4n) is 3.44. The molecular weight excluding hydrogens is 509 g/mol. The van der Waals surface area contributed by atoms with Crippen molar-refractivity contribution in [1.82, 2.24) is 20.3 Å². The van der Waals surface area contributed by atoms with E-state index in [1.807, 2.05) is 24.5 Å². The summed E-state index contributed by atoms with van der Waals surface area (Å²) in [5.74, 6) is 1.00. The lowest BCUT2D eigenvalue weighted by Crippen LogP contribution is -2.36. The lowest BCUT2D eigenvalue weighted by atomic mass is 10.2. The first kappa shape index (κ1) is 25.3. The van der Waals surface area contributed by atoms with E-state index in [0.717, 1.165) is 32.0 Å². The van der Waals surface area contributed by atoms with Crippen molar-refractivity contribution in [2.24, 2.45) is 0 Å². The minimum atomic E-state index is -0.323. The van der Waals surface area contributed by atoms with Crippen LogP contribution in [0.15, 0.2) is 47.6 Å². The molecule has 3 aromatic rings. The van der Waals surface area contributed by atoms with Crippen LogP contribution in [0.25, 0.3) is 0 Å². The molecule has 3 heterocycles. The van der Waals surface area contributed by atoms with Crippen molar-refractivity contribution in [2.75, 3.05) is 61.2 Å². The van der Waals surface area contributed by atoms with E-state index in [1.54, 1.807) is 6.07 Å². The summed E-state index contributed by atoms with van der Waals surface area (Å²) in [6, 6.07) is 13.1. The van der Waals surface area contributed by atoms with E-state index in [1.165, 1.54) is 23.5 Å². The SMILES string of the molecule is CSc1nc(NCCNC(=O)c2ccc(Cl)nc2Cl)cc(Nc2ccc(N3CCOCC3)cc2)n1. The molecule has 0 saturated carbocycles. The fourth-order valence-corrected chi connectivity index (χ4v) is 4.25. The maximum Gasteiger partial charge on any atom is 0.254 e. The summed E-state index contributed by atoms with van der Waals surface area (Å²) in [5, 5.41) is 10.3. The first-order valence-corrected chi connectivity index (χ1v) is 13.0. The Hall–Kier alpha value is -2.79. The molecule has 0 spiro atoms. The number of nitrogens with zero attached hydrogens (tertiary/aromatic N) is 4. The van der Waals surface area contributed by atoms with Crippen LogP contribution in [0.4, 0.5) is 23.0 Å². The molecule has 1 aromatic carbocycles. The van der Waals surface area contributed by atoms with Crippen molar-refractivity contribution in [2.45, 2.75) is 5.16 Å². The van der Waals surface area contributed by atoms with Gasteiger partial charge in [0.05, 0.1) is 18.8 Å². The lowest BCUT2D eigenvalue weighted by molar-refractivity contribution is 0.0955. The predicted molar refractivity (Wildman–Crippen MR) is 142 cm³/mol. The molecule has 0 radical (unpaired) electrons. The van der Waals surface area contributed by atoms with E-state index in [4.69, 9.17) is 27.9 Å². The third kappa shape index (κ3) is 7.11. The smallest absolute Gasteiger partial charge is 0.254 e.